The number of hydrogen-bond acceptors (Lipinski definition) is 0. The average Bonchev–Trinajstić information content (AvgIpc) is 2.90. The van der Waals surface area contributed by atoms with Gasteiger partial charge in [0.2, 0.25) is 0 Å². The van der Waals surface area contributed by atoms with Crippen molar-refractivity contribution in [3.8, 4) is 0 Å². The van der Waals surface area contributed by atoms with Crippen LogP contribution in [-0.4, -0.2) is 71.6 Å². The Bertz CT molecular complexity index is 1260. The minimum atomic E-state index is -8.54. The summed E-state index contributed by atoms with van der Waals surface area (Å²) < 4.78 is 351. The highest BCUT2D eigenvalue weighted by atomic mass is 127. The minimum Gasteiger partial charge on any atom is -0.200 e. The van der Waals surface area contributed by atoms with Gasteiger partial charge in [-0.25, -0.2) is 0 Å². The van der Waals surface area contributed by atoms with Crippen LogP contribution in [0.1, 0.15) is 31.2 Å². The summed E-state index contributed by atoms with van der Waals surface area (Å²) in [7, 11) is 0. The molecule has 0 aliphatic heterocycles. The van der Waals surface area contributed by atoms with Gasteiger partial charge in [-0.1, -0.05) is 12.1 Å². The molecule has 0 bridgehead atoms. The predicted octanol–water partition coefficient (Wildman–Crippen LogP) is 12.5. The molecule has 0 saturated carbocycles. The molecule has 1 aromatic rings. The Morgan fingerprint density at radius 2 is 0.745 bits per heavy atom. The Hall–Kier alpha value is -1.87. The highest BCUT2D eigenvalue weighted by Crippen LogP contribution is 2.63. The van der Waals surface area contributed by atoms with E-state index in [1.165, 1.54) is 12.1 Å². The van der Waals surface area contributed by atoms with E-state index in [0.29, 0.717) is 3.57 Å². The topological polar surface area (TPSA) is 0 Å². The van der Waals surface area contributed by atoms with Crippen molar-refractivity contribution >= 4 is 22.6 Å². The second-order valence-corrected chi connectivity index (χ2v) is 12.0. The van der Waals surface area contributed by atoms with Crippen LogP contribution in [0.5, 0.6) is 0 Å². The molecule has 0 saturated heterocycles. The third kappa shape index (κ3) is 7.86. The number of benzene rings is 1. The van der Waals surface area contributed by atoms with Crippen LogP contribution in [0.25, 0.3) is 0 Å². The lowest BCUT2D eigenvalue weighted by molar-refractivity contribution is -0.443. The van der Waals surface area contributed by atoms with Crippen LogP contribution in [0.3, 0.4) is 0 Å². The highest BCUT2D eigenvalue weighted by molar-refractivity contribution is 14.1. The number of rotatable bonds is 16. The molecule has 0 N–H and O–H groups in total. The van der Waals surface area contributed by atoms with Gasteiger partial charge in [-0.2, -0.15) is 114 Å². The molecule has 0 heterocycles. The number of alkyl halides is 26. The minimum absolute atomic E-state index is 0.00375. The van der Waals surface area contributed by atoms with Gasteiger partial charge in [0, 0.05) is 16.4 Å². The van der Waals surface area contributed by atoms with Crippen molar-refractivity contribution in [3.63, 3.8) is 0 Å². The van der Waals surface area contributed by atoms with Gasteiger partial charge in [0.1, 0.15) is 0 Å². The van der Waals surface area contributed by atoms with Crippen molar-refractivity contribution in [2.24, 2.45) is 5.92 Å². The zero-order chi connectivity index (χ0) is 41.1. The van der Waals surface area contributed by atoms with Crippen LogP contribution in [0.2, 0.25) is 0 Å². The second-order valence-electron chi connectivity index (χ2n) is 10.8. The first-order valence-corrected chi connectivity index (χ1v) is 13.8. The molecule has 0 fully saturated rings. The fraction of sp³-hybridized carbons (Fsp3) is 0.750. The zero-order valence-corrected chi connectivity index (χ0v) is 25.8. The smallest absolute Gasteiger partial charge is 0.200 e. The van der Waals surface area contributed by atoms with Crippen LogP contribution < -0.4 is 0 Å². The summed E-state index contributed by atoms with van der Waals surface area (Å²) in [5, 5.41) is 0. The van der Waals surface area contributed by atoms with E-state index in [4.69, 9.17) is 0 Å². The lowest BCUT2D eigenvalue weighted by Crippen LogP contribution is -2.70. The maximum Gasteiger partial charge on any atom is 0.460 e. The fourth-order valence-electron chi connectivity index (χ4n) is 4.15. The molecule has 51 heavy (non-hydrogen) atoms. The monoisotopic (exact) mass is 924 g/mol. The maximum absolute atomic E-state index is 14.5. The quantitative estimate of drug-likeness (QED) is 0.114. The lowest BCUT2D eigenvalue weighted by Gasteiger charge is -2.42. The average molecular weight is 924 g/mol. The number of halogens is 27. The molecular formula is C24H15F26I. The summed E-state index contributed by atoms with van der Waals surface area (Å²) >= 11 is 1.59. The van der Waals surface area contributed by atoms with Crippen LogP contribution >= 0.6 is 22.6 Å². The van der Waals surface area contributed by atoms with E-state index in [1.54, 1.807) is 22.6 Å². The van der Waals surface area contributed by atoms with E-state index in [2.05, 4.69) is 0 Å². The molecule has 0 amide bonds. The zero-order valence-electron chi connectivity index (χ0n) is 23.6. The summed E-state index contributed by atoms with van der Waals surface area (Å²) in [6.07, 6.45) is -26.9. The first-order chi connectivity index (χ1) is 22.1. The third-order valence-electron chi connectivity index (χ3n) is 7.05. The molecule has 0 spiro atoms. The summed E-state index contributed by atoms with van der Waals surface area (Å²) in [5.74, 6) is -85.5. The van der Waals surface area contributed by atoms with E-state index in [9.17, 15) is 114 Å². The van der Waals surface area contributed by atoms with E-state index in [-0.39, 0.29) is 5.56 Å². The Kier molecular flexibility index (Phi) is 12.7. The van der Waals surface area contributed by atoms with Gasteiger partial charge in [0.15, 0.2) is 0 Å². The van der Waals surface area contributed by atoms with E-state index >= 15 is 0 Å². The van der Waals surface area contributed by atoms with Crippen LogP contribution in [0, 0.1) is 9.49 Å². The van der Waals surface area contributed by atoms with Crippen molar-refractivity contribution in [2.45, 2.75) is 104 Å². The molecule has 0 aliphatic carbocycles. The normalized spacial score (nSPS) is 15.9. The molecule has 0 aromatic heterocycles. The van der Waals surface area contributed by atoms with Crippen molar-refractivity contribution < 1.29 is 114 Å². The molecular weight excluding hydrogens is 909 g/mol. The van der Waals surface area contributed by atoms with Gasteiger partial charge in [-0.3, -0.25) is 0 Å². The first-order valence-electron chi connectivity index (χ1n) is 12.7. The SMILES string of the molecule is FC(F)(F)C(F)(F)C(F)(F)C(F)(F)C(F)(F)C(F)(F)CC(CCCc1cccc(I)c1)CC(F)(F)C(F)(F)C(F)(F)C(F)(F)C(F)(F)C(F)(F)F. The van der Waals surface area contributed by atoms with Crippen molar-refractivity contribution in [1.82, 2.24) is 0 Å². The molecule has 300 valence electrons. The molecule has 27 heteroatoms. The van der Waals surface area contributed by atoms with Crippen LogP contribution in [0.15, 0.2) is 24.3 Å². The summed E-state index contributed by atoms with van der Waals surface area (Å²) in [6.45, 7) is 0. The Balaban J connectivity index is 3.76. The first kappa shape index (κ1) is 47.2. The van der Waals surface area contributed by atoms with Crippen molar-refractivity contribution in [1.29, 1.82) is 0 Å². The third-order valence-corrected chi connectivity index (χ3v) is 7.72. The predicted molar refractivity (Wildman–Crippen MR) is 126 cm³/mol. The molecule has 0 nitrogen and oxygen atoms in total. The molecule has 1 aromatic carbocycles. The van der Waals surface area contributed by atoms with Crippen LogP contribution in [-0.2, 0) is 6.42 Å². The van der Waals surface area contributed by atoms with Crippen LogP contribution in [0.4, 0.5) is 114 Å². The molecule has 0 aliphatic rings. The number of aryl methyl sites for hydroxylation is 1. The van der Waals surface area contributed by atoms with Crippen molar-refractivity contribution in [2.75, 3.05) is 0 Å². The summed E-state index contributed by atoms with van der Waals surface area (Å²) in [4.78, 5) is 0. The fourth-order valence-corrected chi connectivity index (χ4v) is 4.76. The van der Waals surface area contributed by atoms with Gasteiger partial charge in [-0.15, -0.1) is 0 Å². The second kappa shape index (κ2) is 13.8. The standard InChI is InChI=1S/C24H15F26I/c25-13(26,15(29,30)17(33,34)19(37,38)21(41,42)23(45,46)47)8-11(5-1-3-10-4-2-6-12(51)7-10)9-14(27,28)16(31,32)18(35,36)20(39,40)22(43,44)24(48,49)50/h2,4,6-7,11H,1,3,5,8-9H2. The summed E-state index contributed by atoms with van der Waals surface area (Å²) in [5.41, 5.74) is -0.00375. The molecule has 0 atom stereocenters. The lowest BCUT2D eigenvalue weighted by atomic mass is 9.82. The van der Waals surface area contributed by atoms with Crippen molar-refractivity contribution in [3.05, 3.63) is 33.4 Å². The highest BCUT2D eigenvalue weighted by Gasteiger charge is 2.92. The van der Waals surface area contributed by atoms with E-state index in [0.717, 1.165) is 12.1 Å². The van der Waals surface area contributed by atoms with Gasteiger partial charge in [0.25, 0.3) is 0 Å². The van der Waals surface area contributed by atoms with Gasteiger partial charge in [-0.05, 0) is 65.5 Å². The van der Waals surface area contributed by atoms with Gasteiger partial charge >= 0.3 is 71.6 Å². The Labute approximate surface area is 280 Å². The maximum atomic E-state index is 14.5. The molecule has 1 rings (SSSR count). The van der Waals surface area contributed by atoms with E-state index < -0.39 is 110 Å². The largest absolute Gasteiger partial charge is 0.460 e. The Morgan fingerprint density at radius 1 is 0.431 bits per heavy atom. The van der Waals surface area contributed by atoms with Gasteiger partial charge < -0.3 is 0 Å². The molecule has 0 radical (unpaired) electrons. The number of hydrogen-bond donors (Lipinski definition) is 0. The van der Waals surface area contributed by atoms with Gasteiger partial charge in [0.05, 0.1) is 0 Å². The Morgan fingerprint density at radius 3 is 1.04 bits per heavy atom. The van der Waals surface area contributed by atoms with E-state index in [1.807, 2.05) is 0 Å². The summed E-state index contributed by atoms with van der Waals surface area (Å²) in [6, 6.07) is 4.81. The molecule has 0 unspecified atom stereocenters.